The molecule has 3 fully saturated rings. The largest absolute Gasteiger partial charge is 0.382 e. The van der Waals surface area contributed by atoms with Gasteiger partial charge in [0.15, 0.2) is 5.82 Å². The van der Waals surface area contributed by atoms with Gasteiger partial charge in [0.25, 0.3) is 0 Å². The fourth-order valence-corrected chi connectivity index (χ4v) is 5.75. The summed E-state index contributed by atoms with van der Waals surface area (Å²) in [6, 6.07) is 8.30. The minimum Gasteiger partial charge on any atom is -0.382 e. The van der Waals surface area contributed by atoms with Gasteiger partial charge < -0.3 is 5.73 Å². The molecule has 4 atom stereocenters. The molecule has 21 heavy (non-hydrogen) atoms. The summed E-state index contributed by atoms with van der Waals surface area (Å²) in [7, 11) is 0. The highest BCUT2D eigenvalue weighted by molar-refractivity contribution is 9.10. The smallest absolute Gasteiger partial charge is 0.153 e. The molecule has 1 aromatic carbocycles. The number of aromatic amines is 1. The molecule has 3 aliphatic carbocycles. The number of nitrogen functional groups attached to an aromatic ring is 1. The fraction of sp³-hybridized carbons (Fsp3) is 0.471. The van der Waals surface area contributed by atoms with Crippen molar-refractivity contribution in [3.05, 3.63) is 34.4 Å². The zero-order chi connectivity index (χ0) is 14.1. The lowest BCUT2D eigenvalue weighted by Gasteiger charge is -2.10. The summed E-state index contributed by atoms with van der Waals surface area (Å²) < 4.78 is 1.09. The standard InChI is InChI=1S/C17H18BrN3/c18-11-4-2-1-3-10(11)14-16(20-21-17(14)19)15-12-8-5-6-9(7-8)13(12)15/h1-4,8-9,12-13,15H,5-7H2,(H3,19,20,21). The molecule has 0 amide bonds. The summed E-state index contributed by atoms with van der Waals surface area (Å²) in [6.45, 7) is 0. The molecule has 0 spiro atoms. The number of rotatable bonds is 2. The summed E-state index contributed by atoms with van der Waals surface area (Å²) in [5, 5.41) is 7.59. The molecule has 2 aromatic rings. The number of nitrogens with zero attached hydrogens (tertiary/aromatic N) is 1. The average molecular weight is 344 g/mol. The summed E-state index contributed by atoms with van der Waals surface area (Å²) >= 11 is 3.66. The van der Waals surface area contributed by atoms with Crippen molar-refractivity contribution >= 4 is 21.7 Å². The van der Waals surface area contributed by atoms with Crippen LogP contribution in [0.5, 0.6) is 0 Å². The number of hydrogen-bond acceptors (Lipinski definition) is 2. The molecule has 1 heterocycles. The second-order valence-electron chi connectivity index (χ2n) is 6.89. The van der Waals surface area contributed by atoms with Gasteiger partial charge in [0.2, 0.25) is 0 Å². The Balaban J connectivity index is 1.60. The first-order valence-electron chi connectivity index (χ1n) is 7.84. The molecule has 0 radical (unpaired) electrons. The Morgan fingerprint density at radius 3 is 2.57 bits per heavy atom. The number of H-pyrrole nitrogens is 1. The van der Waals surface area contributed by atoms with Gasteiger partial charge in [0.05, 0.1) is 0 Å². The maximum atomic E-state index is 6.18. The maximum Gasteiger partial charge on any atom is 0.153 e. The molecule has 5 rings (SSSR count). The van der Waals surface area contributed by atoms with Crippen molar-refractivity contribution in [2.45, 2.75) is 25.2 Å². The molecule has 4 heteroatoms. The molecule has 4 unspecified atom stereocenters. The van der Waals surface area contributed by atoms with Crippen molar-refractivity contribution < 1.29 is 0 Å². The second kappa shape index (κ2) is 4.13. The second-order valence-corrected chi connectivity index (χ2v) is 7.75. The summed E-state index contributed by atoms with van der Waals surface area (Å²) in [5.74, 6) is 5.01. The van der Waals surface area contributed by atoms with Crippen LogP contribution in [0.15, 0.2) is 28.7 Å². The van der Waals surface area contributed by atoms with Crippen LogP contribution in [0, 0.1) is 23.7 Å². The topological polar surface area (TPSA) is 54.7 Å². The molecule has 3 nitrogen and oxygen atoms in total. The molecule has 3 N–H and O–H groups in total. The predicted molar refractivity (Wildman–Crippen MR) is 86.7 cm³/mol. The van der Waals surface area contributed by atoms with E-state index in [0.717, 1.165) is 39.3 Å². The van der Waals surface area contributed by atoms with Crippen molar-refractivity contribution in [2.24, 2.45) is 23.7 Å². The molecular formula is C17H18BrN3. The van der Waals surface area contributed by atoms with Crippen LogP contribution in [-0.4, -0.2) is 10.2 Å². The van der Waals surface area contributed by atoms with Crippen LogP contribution in [-0.2, 0) is 0 Å². The fourth-order valence-electron chi connectivity index (χ4n) is 5.27. The zero-order valence-electron chi connectivity index (χ0n) is 11.7. The van der Waals surface area contributed by atoms with Crippen LogP contribution < -0.4 is 5.73 Å². The quantitative estimate of drug-likeness (QED) is 0.859. The molecule has 0 aliphatic heterocycles. The van der Waals surface area contributed by atoms with E-state index in [1.807, 2.05) is 6.07 Å². The Kier molecular flexibility index (Phi) is 2.41. The van der Waals surface area contributed by atoms with Gasteiger partial charge in [-0.1, -0.05) is 34.1 Å². The Bertz CT molecular complexity index is 707. The van der Waals surface area contributed by atoms with Crippen molar-refractivity contribution in [3.8, 4) is 11.1 Å². The van der Waals surface area contributed by atoms with Crippen LogP contribution in [0.3, 0.4) is 0 Å². The van der Waals surface area contributed by atoms with Crippen LogP contribution >= 0.6 is 15.9 Å². The first kappa shape index (κ1) is 12.3. The van der Waals surface area contributed by atoms with E-state index in [4.69, 9.17) is 5.73 Å². The monoisotopic (exact) mass is 343 g/mol. The average Bonchev–Trinajstić information content (AvgIpc) is 2.81. The van der Waals surface area contributed by atoms with E-state index in [-0.39, 0.29) is 0 Å². The Labute approximate surface area is 132 Å². The molecule has 0 saturated heterocycles. The maximum absolute atomic E-state index is 6.18. The van der Waals surface area contributed by atoms with Crippen molar-refractivity contribution in [1.82, 2.24) is 10.2 Å². The third-order valence-corrected chi connectivity index (χ3v) is 6.73. The van der Waals surface area contributed by atoms with Crippen LogP contribution in [0.1, 0.15) is 30.9 Å². The van der Waals surface area contributed by atoms with E-state index in [2.05, 4.69) is 44.3 Å². The van der Waals surface area contributed by atoms with E-state index in [1.165, 1.54) is 25.0 Å². The number of nitrogens with two attached hydrogens (primary N) is 1. The third-order valence-electron chi connectivity index (χ3n) is 6.03. The van der Waals surface area contributed by atoms with Crippen LogP contribution in [0.2, 0.25) is 0 Å². The summed E-state index contributed by atoms with van der Waals surface area (Å²) in [5.41, 5.74) is 9.75. The normalized spacial score (nSPS) is 36.0. The van der Waals surface area contributed by atoms with E-state index in [0.29, 0.717) is 11.7 Å². The SMILES string of the molecule is Nc1n[nH]c(C2C3C4CCC(C4)C23)c1-c1ccccc1Br. The minimum absolute atomic E-state index is 0.634. The molecule has 1 aromatic heterocycles. The van der Waals surface area contributed by atoms with Crippen LogP contribution in [0.25, 0.3) is 11.1 Å². The number of fused-ring (bicyclic) bond motifs is 5. The lowest BCUT2D eigenvalue weighted by molar-refractivity contribution is 0.456. The van der Waals surface area contributed by atoms with E-state index >= 15 is 0 Å². The van der Waals surface area contributed by atoms with E-state index in [9.17, 15) is 0 Å². The first-order chi connectivity index (χ1) is 10.3. The number of nitrogens with one attached hydrogen (secondary N) is 1. The van der Waals surface area contributed by atoms with Gasteiger partial charge in [0.1, 0.15) is 0 Å². The molecule has 2 bridgehead atoms. The van der Waals surface area contributed by atoms with Crippen LogP contribution in [0.4, 0.5) is 5.82 Å². The number of anilines is 1. The van der Waals surface area contributed by atoms with Crippen molar-refractivity contribution in [1.29, 1.82) is 0 Å². The number of hydrogen-bond donors (Lipinski definition) is 2. The van der Waals surface area contributed by atoms with Gasteiger partial charge in [0, 0.05) is 27.2 Å². The Hall–Kier alpha value is -1.29. The zero-order valence-corrected chi connectivity index (χ0v) is 13.3. The van der Waals surface area contributed by atoms with Gasteiger partial charge in [-0.05, 0) is 49.0 Å². The van der Waals surface area contributed by atoms with Gasteiger partial charge in [-0.25, -0.2) is 0 Å². The summed E-state index contributed by atoms with van der Waals surface area (Å²) in [6.07, 6.45) is 4.35. The first-order valence-corrected chi connectivity index (χ1v) is 8.63. The van der Waals surface area contributed by atoms with Gasteiger partial charge in [-0.2, -0.15) is 5.10 Å². The molecular weight excluding hydrogens is 326 g/mol. The lowest BCUT2D eigenvalue weighted by atomic mass is 9.96. The number of halogens is 1. The van der Waals surface area contributed by atoms with Gasteiger partial charge in [-0.3, -0.25) is 5.10 Å². The predicted octanol–water partition coefficient (Wildman–Crippen LogP) is 4.18. The Morgan fingerprint density at radius 1 is 1.14 bits per heavy atom. The highest BCUT2D eigenvalue weighted by Gasteiger charge is 2.66. The van der Waals surface area contributed by atoms with Crippen molar-refractivity contribution in [2.75, 3.05) is 5.73 Å². The van der Waals surface area contributed by atoms with Crippen molar-refractivity contribution in [3.63, 3.8) is 0 Å². The highest BCUT2D eigenvalue weighted by atomic mass is 79.9. The summed E-state index contributed by atoms with van der Waals surface area (Å²) in [4.78, 5) is 0. The highest BCUT2D eigenvalue weighted by Crippen LogP contribution is 2.73. The Morgan fingerprint density at radius 2 is 1.86 bits per heavy atom. The molecule has 108 valence electrons. The molecule has 3 aliphatic rings. The van der Waals surface area contributed by atoms with E-state index in [1.54, 1.807) is 0 Å². The van der Waals surface area contributed by atoms with E-state index < -0.39 is 0 Å². The lowest BCUT2D eigenvalue weighted by Crippen LogP contribution is -1.99. The molecule has 3 saturated carbocycles. The van der Waals surface area contributed by atoms with Gasteiger partial charge >= 0.3 is 0 Å². The minimum atomic E-state index is 0.634. The number of aromatic nitrogens is 2. The third kappa shape index (κ3) is 1.57. The van der Waals surface area contributed by atoms with Gasteiger partial charge in [-0.15, -0.1) is 0 Å². The number of benzene rings is 1.